The van der Waals surface area contributed by atoms with Crippen LogP contribution in [0.15, 0.2) is 65.6 Å². The molecule has 1 atom stereocenters. The fraction of sp³-hybridized carbons (Fsp3) is 0.250. The summed E-state index contributed by atoms with van der Waals surface area (Å²) >= 11 is 1.78. The van der Waals surface area contributed by atoms with E-state index in [9.17, 15) is 14.7 Å². The number of carboxylic acids is 1. The minimum atomic E-state index is -0.965. The van der Waals surface area contributed by atoms with Crippen LogP contribution in [0.25, 0.3) is 5.57 Å². The van der Waals surface area contributed by atoms with Crippen molar-refractivity contribution in [2.45, 2.75) is 20.4 Å². The molecule has 2 aromatic carbocycles. The normalized spacial score (nSPS) is 19.8. The van der Waals surface area contributed by atoms with Gasteiger partial charge in [0.05, 0.1) is 17.8 Å². The number of hydrogen-bond acceptors (Lipinski definition) is 3. The standard InChI is InChI=1S/C24H23NO3S/c1-15(2)21(18-10-11-29-14-18)22-19-8-3-4-9-20(19)25(23(22)26)13-16-6-5-7-17(12-16)24(27)28/h3-12,15,18H,13-14H2,1-2H3,(H,27,28). The second-order valence-electron chi connectivity index (χ2n) is 7.67. The number of nitrogens with zero attached hydrogens (tertiary/aromatic N) is 1. The number of amides is 1. The highest BCUT2D eigenvalue weighted by molar-refractivity contribution is 8.02. The van der Waals surface area contributed by atoms with Crippen LogP contribution < -0.4 is 4.90 Å². The molecule has 1 N–H and O–H groups in total. The van der Waals surface area contributed by atoms with Crippen LogP contribution in [-0.2, 0) is 11.3 Å². The first kappa shape index (κ1) is 19.5. The Labute approximate surface area is 174 Å². The van der Waals surface area contributed by atoms with Crippen molar-refractivity contribution in [3.63, 3.8) is 0 Å². The molecule has 0 radical (unpaired) electrons. The van der Waals surface area contributed by atoms with Crippen LogP contribution in [0.5, 0.6) is 0 Å². The fourth-order valence-corrected chi connectivity index (χ4v) is 5.07. The van der Waals surface area contributed by atoms with Crippen LogP contribution in [0, 0.1) is 11.8 Å². The Morgan fingerprint density at radius 1 is 1.21 bits per heavy atom. The highest BCUT2D eigenvalue weighted by Crippen LogP contribution is 2.44. The third-order valence-corrected chi connectivity index (χ3v) is 6.33. The van der Waals surface area contributed by atoms with E-state index >= 15 is 0 Å². The quantitative estimate of drug-likeness (QED) is 0.693. The Balaban J connectivity index is 1.79. The van der Waals surface area contributed by atoms with E-state index in [1.165, 1.54) is 5.57 Å². The summed E-state index contributed by atoms with van der Waals surface area (Å²) < 4.78 is 0. The summed E-state index contributed by atoms with van der Waals surface area (Å²) in [5, 5.41) is 11.4. The van der Waals surface area contributed by atoms with Crippen molar-refractivity contribution in [2.75, 3.05) is 10.7 Å². The number of carboxylic acid groups (broad SMARTS) is 1. The van der Waals surface area contributed by atoms with Crippen LogP contribution >= 0.6 is 11.8 Å². The first-order valence-electron chi connectivity index (χ1n) is 9.73. The summed E-state index contributed by atoms with van der Waals surface area (Å²) in [6, 6.07) is 14.7. The zero-order valence-electron chi connectivity index (χ0n) is 16.5. The maximum absolute atomic E-state index is 13.6. The Kier molecular flexibility index (Phi) is 5.33. The SMILES string of the molecule is CC(C)C(=C1C(=O)N(Cc2cccc(C(=O)O)c2)c2ccccc21)C1C=CSC1. The minimum absolute atomic E-state index is 0.000859. The highest BCUT2D eigenvalue weighted by Gasteiger charge is 2.36. The average molecular weight is 406 g/mol. The molecule has 2 heterocycles. The van der Waals surface area contributed by atoms with E-state index in [0.29, 0.717) is 6.54 Å². The van der Waals surface area contributed by atoms with E-state index in [1.807, 2.05) is 30.3 Å². The molecule has 29 heavy (non-hydrogen) atoms. The number of carbonyl (C=O) groups excluding carboxylic acids is 1. The van der Waals surface area contributed by atoms with E-state index in [4.69, 9.17) is 0 Å². The zero-order chi connectivity index (χ0) is 20.5. The van der Waals surface area contributed by atoms with Crippen molar-refractivity contribution in [1.29, 1.82) is 0 Å². The van der Waals surface area contributed by atoms with Gasteiger partial charge in [0, 0.05) is 22.8 Å². The number of benzene rings is 2. The summed E-state index contributed by atoms with van der Waals surface area (Å²) in [5.74, 6) is 0.523. The molecule has 0 saturated carbocycles. The monoisotopic (exact) mass is 405 g/mol. The number of thioether (sulfide) groups is 1. The van der Waals surface area contributed by atoms with Gasteiger partial charge in [-0.25, -0.2) is 4.79 Å². The van der Waals surface area contributed by atoms with Gasteiger partial charge in [-0.05, 0) is 40.7 Å². The molecule has 148 valence electrons. The molecule has 0 spiro atoms. The number of fused-ring (bicyclic) bond motifs is 1. The molecule has 5 heteroatoms. The molecule has 2 aliphatic rings. The number of hydrogen-bond donors (Lipinski definition) is 1. The molecule has 0 saturated heterocycles. The summed E-state index contributed by atoms with van der Waals surface area (Å²) in [6.07, 6.45) is 2.20. The van der Waals surface area contributed by atoms with Gasteiger partial charge >= 0.3 is 5.97 Å². The van der Waals surface area contributed by atoms with Gasteiger partial charge < -0.3 is 10.0 Å². The number of rotatable bonds is 5. The first-order chi connectivity index (χ1) is 14.0. The smallest absolute Gasteiger partial charge is 0.335 e. The van der Waals surface area contributed by atoms with Crippen molar-refractivity contribution >= 4 is 34.9 Å². The molecule has 0 bridgehead atoms. The molecule has 2 aliphatic heterocycles. The molecule has 0 aliphatic carbocycles. The minimum Gasteiger partial charge on any atom is -0.478 e. The molecule has 4 rings (SSSR count). The lowest BCUT2D eigenvalue weighted by atomic mass is 9.85. The van der Waals surface area contributed by atoms with Crippen LogP contribution in [0.2, 0.25) is 0 Å². The van der Waals surface area contributed by atoms with Crippen LogP contribution in [0.1, 0.15) is 35.3 Å². The second-order valence-corrected chi connectivity index (χ2v) is 8.61. The molecule has 0 aromatic heterocycles. The summed E-state index contributed by atoms with van der Waals surface area (Å²) in [5.41, 5.74) is 4.89. The Hall–Kier alpha value is -2.79. The maximum atomic E-state index is 13.6. The first-order valence-corrected chi connectivity index (χ1v) is 10.8. The van der Waals surface area contributed by atoms with E-state index in [-0.39, 0.29) is 23.3 Å². The van der Waals surface area contributed by atoms with Crippen molar-refractivity contribution in [1.82, 2.24) is 0 Å². The van der Waals surface area contributed by atoms with Crippen molar-refractivity contribution in [2.24, 2.45) is 11.8 Å². The maximum Gasteiger partial charge on any atom is 0.335 e. The van der Waals surface area contributed by atoms with Gasteiger partial charge in [-0.15, -0.1) is 11.8 Å². The molecule has 0 fully saturated rings. The number of aromatic carboxylic acids is 1. The van der Waals surface area contributed by atoms with E-state index in [1.54, 1.807) is 34.9 Å². The van der Waals surface area contributed by atoms with Gasteiger partial charge in [0.2, 0.25) is 0 Å². The fourth-order valence-electron chi connectivity index (χ4n) is 4.16. The van der Waals surface area contributed by atoms with Gasteiger partial charge in [-0.1, -0.05) is 50.3 Å². The lowest BCUT2D eigenvalue weighted by Gasteiger charge is -2.21. The number of anilines is 1. The van der Waals surface area contributed by atoms with Crippen LogP contribution in [-0.4, -0.2) is 22.7 Å². The van der Waals surface area contributed by atoms with Crippen LogP contribution in [0.4, 0.5) is 5.69 Å². The molecule has 1 unspecified atom stereocenters. The zero-order valence-corrected chi connectivity index (χ0v) is 17.3. The summed E-state index contributed by atoms with van der Waals surface area (Å²) in [6.45, 7) is 4.64. The van der Waals surface area contributed by atoms with Crippen LogP contribution in [0.3, 0.4) is 0 Å². The molecule has 1 amide bonds. The van der Waals surface area contributed by atoms with Crippen molar-refractivity contribution in [3.05, 3.63) is 82.3 Å². The molecular weight excluding hydrogens is 382 g/mol. The Morgan fingerprint density at radius 3 is 2.69 bits per heavy atom. The number of allylic oxidation sites excluding steroid dienone is 2. The third kappa shape index (κ3) is 3.62. The highest BCUT2D eigenvalue weighted by atomic mass is 32.2. The van der Waals surface area contributed by atoms with E-state index in [0.717, 1.165) is 28.1 Å². The number of carbonyl (C=O) groups is 2. The molecule has 4 nitrogen and oxygen atoms in total. The predicted octanol–water partition coefficient (Wildman–Crippen LogP) is 5.22. The van der Waals surface area contributed by atoms with Gasteiger partial charge in [0.15, 0.2) is 0 Å². The lowest BCUT2D eigenvalue weighted by Crippen LogP contribution is -2.27. The summed E-state index contributed by atoms with van der Waals surface area (Å²) in [4.78, 5) is 26.7. The Morgan fingerprint density at radius 2 is 2.00 bits per heavy atom. The van der Waals surface area contributed by atoms with Gasteiger partial charge in [-0.2, -0.15) is 0 Å². The van der Waals surface area contributed by atoms with Crippen molar-refractivity contribution in [3.8, 4) is 0 Å². The van der Waals surface area contributed by atoms with Gasteiger partial charge in [0.25, 0.3) is 5.91 Å². The second kappa shape index (κ2) is 7.91. The van der Waals surface area contributed by atoms with E-state index in [2.05, 4.69) is 25.3 Å². The molecule has 2 aromatic rings. The third-order valence-electron chi connectivity index (χ3n) is 5.43. The topological polar surface area (TPSA) is 57.6 Å². The van der Waals surface area contributed by atoms with Gasteiger partial charge in [0.1, 0.15) is 0 Å². The van der Waals surface area contributed by atoms with E-state index < -0.39 is 5.97 Å². The van der Waals surface area contributed by atoms with Gasteiger partial charge in [-0.3, -0.25) is 4.79 Å². The average Bonchev–Trinajstić information content (AvgIpc) is 3.32. The largest absolute Gasteiger partial charge is 0.478 e. The lowest BCUT2D eigenvalue weighted by molar-refractivity contribution is -0.113. The summed E-state index contributed by atoms with van der Waals surface area (Å²) in [7, 11) is 0. The Bertz CT molecular complexity index is 1040. The molecular formula is C24H23NO3S. The number of para-hydroxylation sites is 1. The predicted molar refractivity (Wildman–Crippen MR) is 118 cm³/mol. The van der Waals surface area contributed by atoms with Crippen molar-refractivity contribution < 1.29 is 14.7 Å².